The molecule has 2 aromatic carbocycles. The van der Waals surface area contributed by atoms with Crippen LogP contribution in [0.25, 0.3) is 0 Å². The highest BCUT2D eigenvalue weighted by Crippen LogP contribution is 2.32. The van der Waals surface area contributed by atoms with E-state index in [0.717, 1.165) is 4.90 Å². The lowest BCUT2D eigenvalue weighted by Gasteiger charge is -2.17. The summed E-state index contributed by atoms with van der Waals surface area (Å²) in [6, 6.07) is 10.3. The summed E-state index contributed by atoms with van der Waals surface area (Å²) < 4.78 is 0. The van der Waals surface area contributed by atoms with Crippen molar-refractivity contribution >= 4 is 46.4 Å². The fourth-order valence-corrected chi connectivity index (χ4v) is 2.81. The third kappa shape index (κ3) is 2.98. The Balaban J connectivity index is 1.85. The van der Waals surface area contributed by atoms with E-state index >= 15 is 0 Å². The molecule has 2 aromatic rings. The minimum Gasteiger partial charge on any atom is -0.508 e. The van der Waals surface area contributed by atoms with Crippen LogP contribution in [0.15, 0.2) is 42.5 Å². The molecule has 1 aliphatic rings. The van der Waals surface area contributed by atoms with Gasteiger partial charge in [-0.3, -0.25) is 9.59 Å². The highest BCUT2D eigenvalue weighted by molar-refractivity contribution is 6.43. The summed E-state index contributed by atoms with van der Waals surface area (Å²) in [6.45, 7) is 0. The molecule has 7 heteroatoms. The molecule has 3 rings (SSSR count). The second-order valence-corrected chi connectivity index (χ2v) is 5.87. The average Bonchev–Trinajstić information content (AvgIpc) is 2.78. The Labute approximate surface area is 142 Å². The molecule has 1 unspecified atom stereocenters. The van der Waals surface area contributed by atoms with Gasteiger partial charge in [-0.25, -0.2) is 4.90 Å². The molecule has 1 fully saturated rings. The van der Waals surface area contributed by atoms with E-state index in [0.29, 0.717) is 21.4 Å². The summed E-state index contributed by atoms with van der Waals surface area (Å²) in [5.74, 6) is -0.773. The average molecular weight is 351 g/mol. The van der Waals surface area contributed by atoms with Gasteiger partial charge in [0, 0.05) is 6.07 Å². The zero-order valence-electron chi connectivity index (χ0n) is 11.8. The SMILES string of the molecule is O=C1CC(Nc2cccc(Cl)c2Cl)C(=O)N1c1cccc(O)c1. The fourth-order valence-electron chi connectivity index (χ4n) is 2.45. The third-order valence-corrected chi connectivity index (χ3v) is 4.33. The van der Waals surface area contributed by atoms with Crippen LogP contribution in [0.3, 0.4) is 0 Å². The monoisotopic (exact) mass is 350 g/mol. The number of aromatic hydroxyl groups is 1. The molecule has 0 radical (unpaired) electrons. The van der Waals surface area contributed by atoms with Gasteiger partial charge < -0.3 is 10.4 Å². The molecule has 1 heterocycles. The Bertz CT molecular complexity index is 795. The number of amides is 2. The quantitative estimate of drug-likeness (QED) is 0.832. The van der Waals surface area contributed by atoms with Crippen molar-refractivity contribution in [1.29, 1.82) is 0 Å². The zero-order valence-corrected chi connectivity index (χ0v) is 13.3. The Hall–Kier alpha value is -2.24. The maximum Gasteiger partial charge on any atom is 0.256 e. The third-order valence-electron chi connectivity index (χ3n) is 3.52. The fraction of sp³-hybridized carbons (Fsp3) is 0.125. The molecule has 23 heavy (non-hydrogen) atoms. The standard InChI is InChI=1S/C16H12Cl2N2O3/c17-11-5-2-6-12(15(11)18)19-13-8-14(22)20(16(13)23)9-3-1-4-10(21)7-9/h1-7,13,19,21H,8H2. The maximum atomic E-state index is 12.5. The molecule has 0 bridgehead atoms. The summed E-state index contributed by atoms with van der Waals surface area (Å²) in [4.78, 5) is 25.7. The summed E-state index contributed by atoms with van der Waals surface area (Å²) >= 11 is 12.0. The summed E-state index contributed by atoms with van der Waals surface area (Å²) in [5, 5.41) is 13.1. The second kappa shape index (κ2) is 6.10. The molecule has 0 aliphatic carbocycles. The number of phenols is 1. The number of halogens is 2. The number of rotatable bonds is 3. The number of carbonyl (C=O) groups excluding carboxylic acids is 2. The molecule has 1 atom stereocenters. The van der Waals surface area contributed by atoms with E-state index < -0.39 is 11.9 Å². The van der Waals surface area contributed by atoms with Crippen molar-refractivity contribution < 1.29 is 14.7 Å². The number of imide groups is 1. The number of anilines is 2. The summed E-state index contributed by atoms with van der Waals surface area (Å²) in [6.07, 6.45) is -0.00265. The first-order valence-corrected chi connectivity index (χ1v) is 7.59. The van der Waals surface area contributed by atoms with Gasteiger partial charge in [-0.2, -0.15) is 0 Å². The Morgan fingerprint density at radius 1 is 1.13 bits per heavy atom. The number of nitrogens with zero attached hydrogens (tertiary/aromatic N) is 1. The van der Waals surface area contributed by atoms with E-state index in [1.807, 2.05) is 0 Å². The molecule has 118 valence electrons. The zero-order chi connectivity index (χ0) is 16.6. The Morgan fingerprint density at radius 3 is 2.61 bits per heavy atom. The lowest BCUT2D eigenvalue weighted by Crippen LogP contribution is -2.34. The van der Waals surface area contributed by atoms with E-state index in [4.69, 9.17) is 23.2 Å². The molecule has 2 amide bonds. The van der Waals surface area contributed by atoms with Crippen LogP contribution in [0.1, 0.15) is 6.42 Å². The van der Waals surface area contributed by atoms with Gasteiger partial charge in [0.05, 0.1) is 27.8 Å². The topological polar surface area (TPSA) is 69.6 Å². The van der Waals surface area contributed by atoms with Gasteiger partial charge in [0.2, 0.25) is 5.91 Å². The minimum atomic E-state index is -0.735. The number of carbonyl (C=O) groups is 2. The van der Waals surface area contributed by atoms with Gasteiger partial charge in [-0.15, -0.1) is 0 Å². The van der Waals surface area contributed by atoms with Crippen molar-refractivity contribution in [1.82, 2.24) is 0 Å². The van der Waals surface area contributed by atoms with E-state index in [-0.39, 0.29) is 18.1 Å². The predicted molar refractivity (Wildman–Crippen MR) is 89.1 cm³/mol. The smallest absolute Gasteiger partial charge is 0.256 e. The van der Waals surface area contributed by atoms with E-state index in [1.165, 1.54) is 12.1 Å². The maximum absolute atomic E-state index is 12.5. The van der Waals surface area contributed by atoms with Crippen LogP contribution in [0.4, 0.5) is 11.4 Å². The van der Waals surface area contributed by atoms with Crippen molar-refractivity contribution in [3.63, 3.8) is 0 Å². The van der Waals surface area contributed by atoms with Crippen LogP contribution in [0.5, 0.6) is 5.75 Å². The van der Waals surface area contributed by atoms with Gasteiger partial charge in [-0.1, -0.05) is 35.3 Å². The van der Waals surface area contributed by atoms with Crippen LogP contribution >= 0.6 is 23.2 Å². The number of benzene rings is 2. The molecule has 0 aromatic heterocycles. The predicted octanol–water partition coefficient (Wildman–Crippen LogP) is 3.44. The van der Waals surface area contributed by atoms with Crippen LogP contribution in [0, 0.1) is 0 Å². The molecular weight excluding hydrogens is 339 g/mol. The van der Waals surface area contributed by atoms with Crippen LogP contribution < -0.4 is 10.2 Å². The van der Waals surface area contributed by atoms with E-state index in [9.17, 15) is 14.7 Å². The first kappa shape index (κ1) is 15.6. The van der Waals surface area contributed by atoms with Crippen molar-refractivity contribution in [3.05, 3.63) is 52.5 Å². The number of nitrogens with one attached hydrogen (secondary N) is 1. The van der Waals surface area contributed by atoms with Crippen molar-refractivity contribution in [3.8, 4) is 5.75 Å². The van der Waals surface area contributed by atoms with Crippen LogP contribution in [-0.4, -0.2) is 23.0 Å². The molecule has 0 spiro atoms. The van der Waals surface area contributed by atoms with Crippen molar-refractivity contribution in [2.45, 2.75) is 12.5 Å². The molecule has 1 saturated heterocycles. The van der Waals surface area contributed by atoms with Gasteiger partial charge in [0.15, 0.2) is 0 Å². The van der Waals surface area contributed by atoms with Gasteiger partial charge in [-0.05, 0) is 24.3 Å². The Kier molecular flexibility index (Phi) is 4.15. The number of hydrogen-bond acceptors (Lipinski definition) is 4. The highest BCUT2D eigenvalue weighted by atomic mass is 35.5. The molecule has 5 nitrogen and oxygen atoms in total. The first-order valence-electron chi connectivity index (χ1n) is 6.84. The lowest BCUT2D eigenvalue weighted by atomic mass is 10.2. The molecule has 0 saturated carbocycles. The van der Waals surface area contributed by atoms with Gasteiger partial charge in [0.1, 0.15) is 11.8 Å². The first-order chi connectivity index (χ1) is 11.0. The molecule has 2 N–H and O–H groups in total. The molecule has 1 aliphatic heterocycles. The van der Waals surface area contributed by atoms with Gasteiger partial charge in [0.25, 0.3) is 5.91 Å². The normalized spacial score (nSPS) is 17.7. The highest BCUT2D eigenvalue weighted by Gasteiger charge is 2.39. The van der Waals surface area contributed by atoms with Crippen molar-refractivity contribution in [2.24, 2.45) is 0 Å². The minimum absolute atomic E-state index is 0.00265. The largest absolute Gasteiger partial charge is 0.508 e. The Morgan fingerprint density at radius 2 is 1.87 bits per heavy atom. The summed E-state index contributed by atoms with van der Waals surface area (Å²) in [5.41, 5.74) is 0.824. The molecular formula is C16H12Cl2N2O3. The number of hydrogen-bond donors (Lipinski definition) is 2. The summed E-state index contributed by atoms with van der Waals surface area (Å²) in [7, 11) is 0. The lowest BCUT2D eigenvalue weighted by molar-refractivity contribution is -0.121. The van der Waals surface area contributed by atoms with Crippen molar-refractivity contribution in [2.75, 3.05) is 10.2 Å². The van der Waals surface area contributed by atoms with Gasteiger partial charge >= 0.3 is 0 Å². The van der Waals surface area contributed by atoms with E-state index in [1.54, 1.807) is 30.3 Å². The second-order valence-electron chi connectivity index (χ2n) is 5.09. The van der Waals surface area contributed by atoms with Crippen LogP contribution in [0.2, 0.25) is 10.0 Å². The van der Waals surface area contributed by atoms with Crippen LogP contribution in [-0.2, 0) is 9.59 Å². The number of phenolic OH excluding ortho intramolecular Hbond substituents is 1. The van der Waals surface area contributed by atoms with E-state index in [2.05, 4.69) is 5.32 Å².